The van der Waals surface area contributed by atoms with Crippen LogP contribution in [0.5, 0.6) is 0 Å². The Morgan fingerprint density at radius 1 is 1.26 bits per heavy atom. The van der Waals surface area contributed by atoms with Crippen molar-refractivity contribution in [2.45, 2.75) is 19.4 Å². The van der Waals surface area contributed by atoms with E-state index in [9.17, 15) is 4.79 Å². The quantitative estimate of drug-likeness (QED) is 0.850. The highest BCUT2D eigenvalue weighted by Crippen LogP contribution is 2.16. The van der Waals surface area contributed by atoms with E-state index in [4.69, 9.17) is 5.11 Å². The molecule has 0 spiro atoms. The summed E-state index contributed by atoms with van der Waals surface area (Å²) < 4.78 is 0. The zero-order valence-electron chi connectivity index (χ0n) is 10.4. The van der Waals surface area contributed by atoms with Crippen LogP contribution in [0, 0.1) is 0 Å². The monoisotopic (exact) mass is 258 g/mol. The minimum Gasteiger partial charge on any atom is -0.481 e. The molecule has 6 nitrogen and oxygen atoms in total. The van der Waals surface area contributed by atoms with Crippen LogP contribution >= 0.6 is 0 Å². The number of nitrogens with one attached hydrogen (secondary N) is 1. The molecule has 0 aliphatic rings. The van der Waals surface area contributed by atoms with Gasteiger partial charge in [0.2, 0.25) is 5.95 Å². The largest absolute Gasteiger partial charge is 0.481 e. The molecular weight excluding hydrogens is 244 g/mol. The molecule has 0 amide bonds. The van der Waals surface area contributed by atoms with Crippen LogP contribution in [0.2, 0.25) is 0 Å². The molecule has 0 saturated carbocycles. The summed E-state index contributed by atoms with van der Waals surface area (Å²) in [5.41, 5.74) is 1.87. The molecule has 2 N–H and O–H groups in total. The van der Waals surface area contributed by atoms with E-state index in [-0.39, 0.29) is 12.5 Å². The average molecular weight is 258 g/mol. The van der Waals surface area contributed by atoms with E-state index < -0.39 is 5.97 Å². The van der Waals surface area contributed by atoms with Gasteiger partial charge in [0, 0.05) is 36.4 Å². The number of carboxylic acids is 1. The summed E-state index contributed by atoms with van der Waals surface area (Å²) in [6.07, 6.45) is 6.82. The smallest absolute Gasteiger partial charge is 0.305 e. The number of pyridine rings is 1. The van der Waals surface area contributed by atoms with Gasteiger partial charge in [-0.3, -0.25) is 9.78 Å². The topological polar surface area (TPSA) is 88.0 Å². The standard InChI is InChI=1S/C13H14N4O2/c1-9(6-12(18)19)17-13-15-7-11(8-16-13)10-2-4-14-5-3-10/h2-5,7-9H,6H2,1H3,(H,18,19)(H,15,16,17). The van der Waals surface area contributed by atoms with Crippen LogP contribution in [0.25, 0.3) is 11.1 Å². The van der Waals surface area contributed by atoms with Gasteiger partial charge < -0.3 is 10.4 Å². The molecule has 6 heteroatoms. The first-order valence-corrected chi connectivity index (χ1v) is 5.86. The van der Waals surface area contributed by atoms with Crippen molar-refractivity contribution in [3.05, 3.63) is 36.9 Å². The summed E-state index contributed by atoms with van der Waals surface area (Å²) in [5, 5.41) is 11.6. The van der Waals surface area contributed by atoms with Crippen molar-refractivity contribution in [3.8, 4) is 11.1 Å². The molecule has 98 valence electrons. The van der Waals surface area contributed by atoms with Crippen molar-refractivity contribution in [1.29, 1.82) is 0 Å². The van der Waals surface area contributed by atoms with Crippen LogP contribution in [0.1, 0.15) is 13.3 Å². The van der Waals surface area contributed by atoms with Gasteiger partial charge in [0.05, 0.1) is 6.42 Å². The Balaban J connectivity index is 2.05. The second-order valence-electron chi connectivity index (χ2n) is 4.17. The number of nitrogens with zero attached hydrogens (tertiary/aromatic N) is 3. The van der Waals surface area contributed by atoms with E-state index in [1.54, 1.807) is 31.7 Å². The Bertz CT molecular complexity index is 542. The predicted octanol–water partition coefficient (Wildman–Crippen LogP) is 1.81. The van der Waals surface area contributed by atoms with Crippen LogP contribution in [0.4, 0.5) is 5.95 Å². The van der Waals surface area contributed by atoms with Gasteiger partial charge in [-0.05, 0) is 24.6 Å². The van der Waals surface area contributed by atoms with Gasteiger partial charge in [-0.1, -0.05) is 0 Å². The first-order chi connectivity index (χ1) is 9.15. The van der Waals surface area contributed by atoms with E-state index in [1.807, 2.05) is 12.1 Å². The lowest BCUT2D eigenvalue weighted by atomic mass is 10.1. The van der Waals surface area contributed by atoms with Gasteiger partial charge in [-0.2, -0.15) is 0 Å². The van der Waals surface area contributed by atoms with E-state index in [0.717, 1.165) is 11.1 Å². The van der Waals surface area contributed by atoms with Crippen molar-refractivity contribution in [1.82, 2.24) is 15.0 Å². The highest BCUT2D eigenvalue weighted by molar-refractivity contribution is 5.68. The minimum absolute atomic E-state index is 0.0233. The van der Waals surface area contributed by atoms with E-state index in [2.05, 4.69) is 20.3 Å². The Kier molecular flexibility index (Phi) is 4.02. The average Bonchev–Trinajstić information content (AvgIpc) is 2.39. The number of aliphatic carboxylic acids is 1. The summed E-state index contributed by atoms with van der Waals surface area (Å²) in [6.45, 7) is 1.77. The maximum absolute atomic E-state index is 10.6. The van der Waals surface area contributed by atoms with Crippen molar-refractivity contribution < 1.29 is 9.90 Å². The molecule has 0 saturated heterocycles. The zero-order valence-corrected chi connectivity index (χ0v) is 10.4. The molecule has 1 atom stereocenters. The molecule has 2 aromatic rings. The van der Waals surface area contributed by atoms with Gasteiger partial charge in [0.1, 0.15) is 0 Å². The number of anilines is 1. The van der Waals surface area contributed by atoms with Gasteiger partial charge in [0.15, 0.2) is 0 Å². The molecule has 0 aliphatic heterocycles. The third-order valence-electron chi connectivity index (χ3n) is 2.52. The normalized spacial score (nSPS) is 11.8. The lowest BCUT2D eigenvalue weighted by molar-refractivity contribution is -0.137. The molecule has 2 heterocycles. The highest BCUT2D eigenvalue weighted by atomic mass is 16.4. The lowest BCUT2D eigenvalue weighted by Gasteiger charge is -2.11. The van der Waals surface area contributed by atoms with E-state index >= 15 is 0 Å². The molecule has 0 bridgehead atoms. The predicted molar refractivity (Wildman–Crippen MR) is 70.6 cm³/mol. The summed E-state index contributed by atoms with van der Waals surface area (Å²) in [6, 6.07) is 3.53. The summed E-state index contributed by atoms with van der Waals surface area (Å²) >= 11 is 0. The Hall–Kier alpha value is -2.50. The fourth-order valence-electron chi connectivity index (χ4n) is 1.63. The summed E-state index contributed by atoms with van der Waals surface area (Å²) in [5.74, 6) is -0.431. The van der Waals surface area contributed by atoms with Gasteiger partial charge in [-0.15, -0.1) is 0 Å². The highest BCUT2D eigenvalue weighted by Gasteiger charge is 2.08. The van der Waals surface area contributed by atoms with Crippen LogP contribution in [0.3, 0.4) is 0 Å². The molecule has 0 aromatic carbocycles. The third kappa shape index (κ3) is 3.74. The number of hydrogen-bond acceptors (Lipinski definition) is 5. The molecule has 19 heavy (non-hydrogen) atoms. The molecule has 2 aromatic heterocycles. The Morgan fingerprint density at radius 2 is 1.89 bits per heavy atom. The molecule has 0 aliphatic carbocycles. The van der Waals surface area contributed by atoms with Crippen molar-refractivity contribution in [2.75, 3.05) is 5.32 Å². The van der Waals surface area contributed by atoms with Crippen molar-refractivity contribution in [2.24, 2.45) is 0 Å². The number of hydrogen-bond donors (Lipinski definition) is 2. The first-order valence-electron chi connectivity index (χ1n) is 5.86. The van der Waals surface area contributed by atoms with E-state index in [0.29, 0.717) is 5.95 Å². The zero-order chi connectivity index (χ0) is 13.7. The Labute approximate surface area is 110 Å². The SMILES string of the molecule is CC(CC(=O)O)Nc1ncc(-c2ccncc2)cn1. The second-order valence-corrected chi connectivity index (χ2v) is 4.17. The third-order valence-corrected chi connectivity index (χ3v) is 2.52. The minimum atomic E-state index is -0.853. The maximum atomic E-state index is 10.6. The van der Waals surface area contributed by atoms with Gasteiger partial charge >= 0.3 is 5.97 Å². The summed E-state index contributed by atoms with van der Waals surface area (Å²) in [4.78, 5) is 22.8. The van der Waals surface area contributed by atoms with E-state index in [1.165, 1.54) is 0 Å². The maximum Gasteiger partial charge on any atom is 0.305 e. The fourth-order valence-corrected chi connectivity index (χ4v) is 1.63. The fraction of sp³-hybridized carbons (Fsp3) is 0.231. The molecular formula is C13H14N4O2. The van der Waals surface area contributed by atoms with Crippen LogP contribution in [-0.4, -0.2) is 32.1 Å². The molecule has 1 unspecified atom stereocenters. The number of rotatable bonds is 5. The number of carboxylic acid groups (broad SMARTS) is 1. The van der Waals surface area contributed by atoms with Crippen LogP contribution in [-0.2, 0) is 4.79 Å². The molecule has 0 fully saturated rings. The number of aromatic nitrogens is 3. The van der Waals surface area contributed by atoms with Crippen LogP contribution in [0.15, 0.2) is 36.9 Å². The first kappa shape index (κ1) is 12.9. The van der Waals surface area contributed by atoms with Crippen molar-refractivity contribution >= 4 is 11.9 Å². The van der Waals surface area contributed by atoms with Gasteiger partial charge in [-0.25, -0.2) is 9.97 Å². The summed E-state index contributed by atoms with van der Waals surface area (Å²) in [7, 11) is 0. The van der Waals surface area contributed by atoms with Gasteiger partial charge in [0.25, 0.3) is 0 Å². The number of carbonyl (C=O) groups is 1. The lowest BCUT2D eigenvalue weighted by Crippen LogP contribution is -2.20. The van der Waals surface area contributed by atoms with Crippen molar-refractivity contribution in [3.63, 3.8) is 0 Å². The molecule has 2 rings (SSSR count). The van der Waals surface area contributed by atoms with Crippen LogP contribution < -0.4 is 5.32 Å². The second kappa shape index (κ2) is 5.90. The molecule has 0 radical (unpaired) electrons. The Morgan fingerprint density at radius 3 is 2.47 bits per heavy atom.